The molecule has 0 saturated carbocycles. The number of rotatable bonds is 6. The number of para-hydroxylation sites is 4. The van der Waals surface area contributed by atoms with Crippen LogP contribution in [0.5, 0.6) is 5.75 Å². The topological polar surface area (TPSA) is 54.0 Å². The van der Waals surface area contributed by atoms with Crippen molar-refractivity contribution in [2.75, 3.05) is 17.2 Å². The van der Waals surface area contributed by atoms with E-state index < -0.39 is 0 Å². The molecule has 3 N–H and O–H groups in total. The van der Waals surface area contributed by atoms with Crippen LogP contribution in [-0.2, 0) is 17.4 Å². The molecule has 2 atom stereocenters. The van der Waals surface area contributed by atoms with Crippen LogP contribution in [0, 0.1) is 6.92 Å². The first-order chi connectivity index (χ1) is 24.2. The van der Waals surface area contributed by atoms with Crippen LogP contribution < -0.4 is 15.4 Å². The number of aryl methyl sites for hydroxylation is 1. The molecule has 0 aliphatic carbocycles. The molecular formula is C45H46N4O. The molecule has 0 radical (unpaired) electrons. The first kappa shape index (κ1) is 31.8. The minimum absolute atomic E-state index is 0.0175. The van der Waals surface area contributed by atoms with Crippen LogP contribution in [-0.4, -0.2) is 16.2 Å². The Hall–Kier alpha value is -5.42. The quantitative estimate of drug-likeness (QED) is 0.167. The Morgan fingerprint density at radius 2 is 1.24 bits per heavy atom. The maximum absolute atomic E-state index is 6.03. The summed E-state index contributed by atoms with van der Waals surface area (Å²) in [7, 11) is 0. The van der Waals surface area contributed by atoms with Gasteiger partial charge in [0.1, 0.15) is 12.4 Å². The van der Waals surface area contributed by atoms with Gasteiger partial charge < -0.3 is 24.9 Å². The standard InChI is InChI=1S/C27H28N2O.C18H18N2/c1-19-9-8-10-20(17-19)30-16-15-29-18-22(21-11-4-7-14-25(21)29)26-27(2,3)23-12-5-6-13-24(23)28-26;1-18(2)14-8-4-6-10-16(14)20-17(18)13-11-19-15-9-5-3-7-12(13)15/h4-14,17-18,26,28H,15-16H2,1-3H3;3-11,17,19-20H,1-2H3. The number of nitrogens with zero attached hydrogens (tertiary/aromatic N) is 1. The zero-order valence-electron chi connectivity index (χ0n) is 29.6. The summed E-state index contributed by atoms with van der Waals surface area (Å²) < 4.78 is 8.36. The van der Waals surface area contributed by atoms with Crippen molar-refractivity contribution in [1.29, 1.82) is 0 Å². The van der Waals surface area contributed by atoms with E-state index in [0.717, 1.165) is 12.3 Å². The molecule has 7 aromatic rings. The summed E-state index contributed by atoms with van der Waals surface area (Å²) in [5.41, 5.74) is 11.8. The molecular weight excluding hydrogens is 613 g/mol. The fraction of sp³-hybridized carbons (Fsp3) is 0.244. The minimum atomic E-state index is 0.0175. The number of aromatic amines is 1. The summed E-state index contributed by atoms with van der Waals surface area (Å²) in [6.45, 7) is 12.9. The molecule has 50 heavy (non-hydrogen) atoms. The van der Waals surface area contributed by atoms with Gasteiger partial charge in [-0.3, -0.25) is 0 Å². The van der Waals surface area contributed by atoms with Crippen molar-refractivity contribution < 1.29 is 4.74 Å². The molecule has 9 rings (SSSR count). The number of nitrogens with one attached hydrogen (secondary N) is 3. The van der Waals surface area contributed by atoms with Gasteiger partial charge in [0.15, 0.2) is 0 Å². The molecule has 5 aromatic carbocycles. The lowest BCUT2D eigenvalue weighted by atomic mass is 9.78. The Kier molecular flexibility index (Phi) is 7.94. The first-order valence-electron chi connectivity index (χ1n) is 17.8. The molecule has 5 nitrogen and oxygen atoms in total. The molecule has 0 amide bonds. The first-order valence-corrected chi connectivity index (χ1v) is 17.8. The molecule has 2 aromatic heterocycles. The van der Waals surface area contributed by atoms with Crippen molar-refractivity contribution >= 4 is 33.2 Å². The summed E-state index contributed by atoms with van der Waals surface area (Å²) in [5, 5.41) is 10.1. The van der Waals surface area contributed by atoms with Gasteiger partial charge in [-0.25, -0.2) is 0 Å². The molecule has 0 saturated heterocycles. The normalized spacial score (nSPS) is 18.1. The third-order valence-corrected chi connectivity index (χ3v) is 10.9. The van der Waals surface area contributed by atoms with Crippen molar-refractivity contribution in [3.8, 4) is 5.75 Å². The van der Waals surface area contributed by atoms with Gasteiger partial charge in [-0.05, 0) is 60.0 Å². The van der Waals surface area contributed by atoms with E-state index in [1.807, 2.05) is 12.1 Å². The van der Waals surface area contributed by atoms with Gasteiger partial charge in [0.05, 0.1) is 18.6 Å². The van der Waals surface area contributed by atoms with Gasteiger partial charge in [-0.1, -0.05) is 113 Å². The van der Waals surface area contributed by atoms with Crippen molar-refractivity contribution in [3.05, 3.63) is 162 Å². The fourth-order valence-electron chi connectivity index (χ4n) is 8.25. The Balaban J connectivity index is 0.000000156. The average molecular weight is 659 g/mol. The van der Waals surface area contributed by atoms with Crippen LogP contribution in [0.4, 0.5) is 11.4 Å². The highest BCUT2D eigenvalue weighted by molar-refractivity contribution is 5.86. The van der Waals surface area contributed by atoms with Gasteiger partial charge in [0, 0.05) is 67.5 Å². The zero-order chi connectivity index (χ0) is 34.5. The second kappa shape index (κ2) is 12.5. The van der Waals surface area contributed by atoms with Crippen LogP contribution in [0.25, 0.3) is 21.8 Å². The minimum Gasteiger partial charge on any atom is -0.492 e. The van der Waals surface area contributed by atoms with E-state index in [4.69, 9.17) is 4.74 Å². The van der Waals surface area contributed by atoms with Crippen LogP contribution in [0.1, 0.15) is 67.6 Å². The SMILES string of the molecule is CC1(C)c2ccccc2NC1c1c[nH]c2ccccc12.Cc1cccc(OCCn2cc(C3Nc4ccccc4C3(C)C)c3ccccc32)c1. The lowest BCUT2D eigenvalue weighted by Gasteiger charge is -2.27. The van der Waals surface area contributed by atoms with E-state index in [1.54, 1.807) is 0 Å². The second-order valence-corrected chi connectivity index (χ2v) is 14.9. The monoisotopic (exact) mass is 658 g/mol. The van der Waals surface area contributed by atoms with E-state index in [-0.39, 0.29) is 16.9 Å². The van der Waals surface area contributed by atoms with Crippen molar-refractivity contribution in [2.45, 2.75) is 64.1 Å². The summed E-state index contributed by atoms with van der Waals surface area (Å²) in [4.78, 5) is 3.39. The van der Waals surface area contributed by atoms with Crippen LogP contribution in [0.3, 0.4) is 0 Å². The predicted molar refractivity (Wildman–Crippen MR) is 209 cm³/mol. The molecule has 0 spiro atoms. The molecule has 2 aliphatic heterocycles. The maximum atomic E-state index is 6.03. The van der Waals surface area contributed by atoms with Crippen molar-refractivity contribution in [3.63, 3.8) is 0 Å². The summed E-state index contributed by atoms with van der Waals surface area (Å²) >= 11 is 0. The molecule has 2 aliphatic rings. The summed E-state index contributed by atoms with van der Waals surface area (Å²) in [6, 6.07) is 43.3. The Morgan fingerprint density at radius 1 is 0.640 bits per heavy atom. The van der Waals surface area contributed by atoms with E-state index in [9.17, 15) is 0 Å². The van der Waals surface area contributed by atoms with E-state index >= 15 is 0 Å². The molecule has 5 heteroatoms. The zero-order valence-corrected chi connectivity index (χ0v) is 29.6. The fourth-order valence-corrected chi connectivity index (χ4v) is 8.25. The number of hydrogen-bond donors (Lipinski definition) is 3. The summed E-state index contributed by atoms with van der Waals surface area (Å²) in [6.07, 6.45) is 4.46. The predicted octanol–water partition coefficient (Wildman–Crippen LogP) is 11.1. The number of benzene rings is 5. The Labute approximate surface area is 295 Å². The van der Waals surface area contributed by atoms with Crippen molar-refractivity contribution in [1.82, 2.24) is 9.55 Å². The van der Waals surface area contributed by atoms with Crippen LogP contribution in [0.15, 0.2) is 134 Å². The molecule has 252 valence electrons. The molecule has 4 heterocycles. The Bertz CT molecular complexity index is 2310. The van der Waals surface area contributed by atoms with Crippen LogP contribution in [0.2, 0.25) is 0 Å². The van der Waals surface area contributed by atoms with Gasteiger partial charge >= 0.3 is 0 Å². The van der Waals surface area contributed by atoms with Gasteiger partial charge in [-0.15, -0.1) is 0 Å². The number of aromatic nitrogens is 2. The third kappa shape index (κ3) is 5.51. The number of ether oxygens (including phenoxy) is 1. The number of anilines is 2. The highest BCUT2D eigenvalue weighted by atomic mass is 16.5. The van der Waals surface area contributed by atoms with Gasteiger partial charge in [0.25, 0.3) is 0 Å². The average Bonchev–Trinajstić information content (AvgIpc) is 3.85. The van der Waals surface area contributed by atoms with E-state index in [1.165, 1.54) is 61.0 Å². The molecule has 0 fully saturated rings. The number of H-pyrrole nitrogens is 1. The van der Waals surface area contributed by atoms with Gasteiger partial charge in [-0.2, -0.15) is 0 Å². The molecule has 2 unspecified atom stereocenters. The summed E-state index contributed by atoms with van der Waals surface area (Å²) in [5.74, 6) is 0.931. The second-order valence-electron chi connectivity index (χ2n) is 14.9. The van der Waals surface area contributed by atoms with Gasteiger partial charge in [0.2, 0.25) is 0 Å². The molecule has 0 bridgehead atoms. The highest BCUT2D eigenvalue weighted by Gasteiger charge is 2.42. The van der Waals surface area contributed by atoms with E-state index in [0.29, 0.717) is 12.6 Å². The van der Waals surface area contributed by atoms with E-state index in [2.05, 4.69) is 176 Å². The lowest BCUT2D eigenvalue weighted by molar-refractivity contribution is 0.300. The number of hydrogen-bond acceptors (Lipinski definition) is 3. The number of fused-ring (bicyclic) bond motifs is 4. The third-order valence-electron chi connectivity index (χ3n) is 10.9. The Morgan fingerprint density at radius 3 is 1.92 bits per heavy atom. The van der Waals surface area contributed by atoms with Crippen molar-refractivity contribution in [2.24, 2.45) is 0 Å². The lowest BCUT2D eigenvalue weighted by Crippen LogP contribution is -2.25. The smallest absolute Gasteiger partial charge is 0.119 e. The largest absolute Gasteiger partial charge is 0.492 e. The van der Waals surface area contributed by atoms with Crippen LogP contribution >= 0.6 is 0 Å². The maximum Gasteiger partial charge on any atom is 0.119 e. The highest BCUT2D eigenvalue weighted by Crippen LogP contribution is 2.51.